The SMILES string of the molecule is O=[N+]([O-])c1ccsc1Sc1nnc(N2CCOCC2)s1. The molecule has 1 fully saturated rings. The molecule has 0 N–H and O–H groups in total. The van der Waals surface area contributed by atoms with Crippen molar-refractivity contribution in [2.45, 2.75) is 8.55 Å². The monoisotopic (exact) mass is 330 g/mol. The Balaban J connectivity index is 1.73. The van der Waals surface area contributed by atoms with Gasteiger partial charge in [0.2, 0.25) is 5.13 Å². The van der Waals surface area contributed by atoms with E-state index in [0.29, 0.717) is 17.4 Å². The molecular formula is C10H10N4O3S3. The van der Waals surface area contributed by atoms with Gasteiger partial charge in [-0.3, -0.25) is 10.1 Å². The van der Waals surface area contributed by atoms with E-state index in [1.807, 2.05) is 0 Å². The van der Waals surface area contributed by atoms with E-state index >= 15 is 0 Å². The molecule has 0 aliphatic carbocycles. The molecule has 0 aromatic carbocycles. The molecule has 106 valence electrons. The van der Waals surface area contributed by atoms with Gasteiger partial charge in [-0.1, -0.05) is 11.3 Å². The number of anilines is 1. The van der Waals surface area contributed by atoms with Crippen molar-refractivity contribution in [1.29, 1.82) is 0 Å². The minimum Gasteiger partial charge on any atom is -0.378 e. The first-order valence-electron chi connectivity index (χ1n) is 5.80. The quantitative estimate of drug-likeness (QED) is 0.629. The van der Waals surface area contributed by atoms with Crippen LogP contribution in [0.4, 0.5) is 10.8 Å². The summed E-state index contributed by atoms with van der Waals surface area (Å²) in [5, 5.41) is 21.7. The van der Waals surface area contributed by atoms with Gasteiger partial charge in [-0.05, 0) is 17.1 Å². The highest BCUT2D eigenvalue weighted by atomic mass is 32.2. The Morgan fingerprint density at radius 2 is 2.20 bits per heavy atom. The molecule has 2 aromatic heterocycles. The zero-order chi connectivity index (χ0) is 13.9. The molecule has 20 heavy (non-hydrogen) atoms. The molecule has 1 aliphatic rings. The zero-order valence-electron chi connectivity index (χ0n) is 10.2. The molecular weight excluding hydrogens is 320 g/mol. The maximum Gasteiger partial charge on any atom is 0.294 e. The Bertz CT molecular complexity index is 608. The summed E-state index contributed by atoms with van der Waals surface area (Å²) in [7, 11) is 0. The topological polar surface area (TPSA) is 81.4 Å². The summed E-state index contributed by atoms with van der Waals surface area (Å²) < 4.78 is 6.65. The first-order valence-corrected chi connectivity index (χ1v) is 8.31. The Hall–Kier alpha value is -1.23. The number of hydrogen-bond donors (Lipinski definition) is 0. The predicted octanol–water partition coefficient (Wildman–Crippen LogP) is 2.50. The third kappa shape index (κ3) is 2.92. The van der Waals surface area contributed by atoms with Crippen LogP contribution in [0.15, 0.2) is 20.0 Å². The molecule has 10 heteroatoms. The van der Waals surface area contributed by atoms with Crippen LogP contribution in [-0.2, 0) is 4.74 Å². The molecule has 0 bridgehead atoms. The van der Waals surface area contributed by atoms with Crippen molar-refractivity contribution in [3.63, 3.8) is 0 Å². The largest absolute Gasteiger partial charge is 0.378 e. The smallest absolute Gasteiger partial charge is 0.294 e. The van der Waals surface area contributed by atoms with Crippen LogP contribution in [-0.4, -0.2) is 41.4 Å². The molecule has 7 nitrogen and oxygen atoms in total. The van der Waals surface area contributed by atoms with Crippen LogP contribution in [0.1, 0.15) is 0 Å². The molecule has 0 spiro atoms. The Morgan fingerprint density at radius 3 is 2.95 bits per heavy atom. The van der Waals surface area contributed by atoms with E-state index in [1.165, 1.54) is 40.5 Å². The van der Waals surface area contributed by atoms with Gasteiger partial charge in [0.1, 0.15) is 4.21 Å². The highest BCUT2D eigenvalue weighted by Crippen LogP contribution is 2.41. The number of ether oxygens (including phenoxy) is 1. The third-order valence-corrected chi connectivity index (χ3v) is 5.83. The minimum absolute atomic E-state index is 0.128. The molecule has 0 unspecified atom stereocenters. The fourth-order valence-corrected chi connectivity index (χ4v) is 4.80. The van der Waals surface area contributed by atoms with Crippen molar-refractivity contribution in [2.75, 3.05) is 31.2 Å². The van der Waals surface area contributed by atoms with Crippen molar-refractivity contribution >= 4 is 45.3 Å². The van der Waals surface area contributed by atoms with Crippen LogP contribution in [0.3, 0.4) is 0 Å². The molecule has 3 rings (SSSR count). The zero-order valence-corrected chi connectivity index (χ0v) is 12.7. The van der Waals surface area contributed by atoms with Crippen LogP contribution < -0.4 is 4.90 Å². The maximum absolute atomic E-state index is 10.9. The Morgan fingerprint density at radius 1 is 1.40 bits per heavy atom. The summed E-state index contributed by atoms with van der Waals surface area (Å²) in [4.78, 5) is 12.6. The molecule has 1 aliphatic heterocycles. The van der Waals surface area contributed by atoms with Crippen molar-refractivity contribution in [2.24, 2.45) is 0 Å². The van der Waals surface area contributed by atoms with E-state index in [-0.39, 0.29) is 10.6 Å². The summed E-state index contributed by atoms with van der Waals surface area (Å²) in [6, 6.07) is 1.51. The maximum atomic E-state index is 10.9. The van der Waals surface area contributed by atoms with E-state index in [9.17, 15) is 10.1 Å². The molecule has 0 radical (unpaired) electrons. The first-order chi connectivity index (χ1) is 9.74. The van der Waals surface area contributed by atoms with Crippen LogP contribution >= 0.6 is 34.4 Å². The molecule has 0 atom stereocenters. The van der Waals surface area contributed by atoms with E-state index < -0.39 is 0 Å². The number of rotatable bonds is 4. The number of hydrogen-bond acceptors (Lipinski definition) is 9. The summed E-state index contributed by atoms with van der Waals surface area (Å²) in [6.45, 7) is 2.99. The predicted molar refractivity (Wildman–Crippen MR) is 78.0 cm³/mol. The number of nitro groups is 1. The fourth-order valence-electron chi connectivity index (χ4n) is 1.71. The van der Waals surface area contributed by atoms with Gasteiger partial charge in [-0.25, -0.2) is 0 Å². The lowest BCUT2D eigenvalue weighted by Crippen LogP contribution is -2.36. The Labute approximate surface area is 126 Å². The number of thiophene rings is 1. The summed E-state index contributed by atoms with van der Waals surface area (Å²) in [6.07, 6.45) is 0. The molecule has 3 heterocycles. The molecule has 0 saturated carbocycles. The van der Waals surface area contributed by atoms with Gasteiger partial charge in [0.25, 0.3) is 5.69 Å². The minimum atomic E-state index is -0.372. The number of nitrogens with zero attached hydrogens (tertiary/aromatic N) is 4. The van der Waals surface area contributed by atoms with Crippen molar-refractivity contribution in [1.82, 2.24) is 10.2 Å². The lowest BCUT2D eigenvalue weighted by Gasteiger charge is -2.25. The molecule has 2 aromatic rings. The standard InChI is InChI=1S/C10H10N4O3S3/c15-14(16)7-1-6-18-8(7)19-10-12-11-9(20-10)13-2-4-17-5-3-13/h1,6H,2-5H2. The number of morpholine rings is 1. The highest BCUT2D eigenvalue weighted by molar-refractivity contribution is 8.02. The van der Waals surface area contributed by atoms with Gasteiger partial charge in [0, 0.05) is 19.2 Å². The Kier molecular flexibility index (Phi) is 4.15. The van der Waals surface area contributed by atoms with Crippen molar-refractivity contribution < 1.29 is 9.66 Å². The number of aromatic nitrogens is 2. The van der Waals surface area contributed by atoms with Crippen LogP contribution in [0.5, 0.6) is 0 Å². The normalized spacial score (nSPS) is 15.5. The summed E-state index contributed by atoms with van der Waals surface area (Å²) in [5.74, 6) is 0. The van der Waals surface area contributed by atoms with E-state index in [0.717, 1.165) is 22.6 Å². The third-order valence-electron chi connectivity index (χ3n) is 2.66. The fraction of sp³-hybridized carbons (Fsp3) is 0.400. The molecule has 1 saturated heterocycles. The average molecular weight is 330 g/mol. The second-order valence-electron chi connectivity index (χ2n) is 3.90. The van der Waals surface area contributed by atoms with Gasteiger partial charge in [0.15, 0.2) is 4.34 Å². The average Bonchev–Trinajstić information content (AvgIpc) is 3.09. The van der Waals surface area contributed by atoms with E-state index in [4.69, 9.17) is 4.74 Å². The van der Waals surface area contributed by atoms with Crippen molar-refractivity contribution in [3.8, 4) is 0 Å². The van der Waals surface area contributed by atoms with Crippen LogP contribution in [0.25, 0.3) is 0 Å². The second kappa shape index (κ2) is 6.04. The lowest BCUT2D eigenvalue weighted by molar-refractivity contribution is -0.387. The summed E-state index contributed by atoms with van der Waals surface area (Å²) in [5.41, 5.74) is 0.128. The van der Waals surface area contributed by atoms with Gasteiger partial charge >= 0.3 is 0 Å². The van der Waals surface area contributed by atoms with Gasteiger partial charge in [-0.2, -0.15) is 0 Å². The summed E-state index contributed by atoms with van der Waals surface area (Å²) >= 11 is 4.10. The molecule has 0 amide bonds. The van der Waals surface area contributed by atoms with Crippen LogP contribution in [0.2, 0.25) is 0 Å². The van der Waals surface area contributed by atoms with Gasteiger partial charge in [-0.15, -0.1) is 21.5 Å². The van der Waals surface area contributed by atoms with E-state index in [1.54, 1.807) is 5.38 Å². The van der Waals surface area contributed by atoms with Crippen molar-refractivity contribution in [3.05, 3.63) is 21.6 Å². The van der Waals surface area contributed by atoms with Gasteiger partial charge < -0.3 is 9.64 Å². The van der Waals surface area contributed by atoms with Gasteiger partial charge in [0.05, 0.1) is 18.1 Å². The first kappa shape index (κ1) is 13.7. The van der Waals surface area contributed by atoms with Crippen LogP contribution in [0, 0.1) is 10.1 Å². The highest BCUT2D eigenvalue weighted by Gasteiger charge is 2.20. The van der Waals surface area contributed by atoms with E-state index in [2.05, 4.69) is 15.1 Å². The lowest BCUT2D eigenvalue weighted by atomic mass is 10.5. The second-order valence-corrected chi connectivity index (χ2v) is 7.29.